The Kier molecular flexibility index (Phi) is 7.33. The Morgan fingerprint density at radius 1 is 0.304 bits per heavy atom. The number of aromatic nitrogens is 2. The van der Waals surface area contributed by atoms with Crippen molar-refractivity contribution in [3.05, 3.63) is 228 Å². The van der Waals surface area contributed by atoms with E-state index >= 15 is 0 Å². The maximum atomic E-state index is 5.37. The van der Waals surface area contributed by atoms with Crippen LogP contribution >= 0.6 is 0 Å². The third-order valence-corrected chi connectivity index (χ3v) is 11.8. The van der Waals surface area contributed by atoms with Gasteiger partial charge in [0.05, 0.1) is 16.8 Å². The van der Waals surface area contributed by atoms with E-state index in [0.717, 1.165) is 33.6 Å². The van der Waals surface area contributed by atoms with Crippen molar-refractivity contribution in [3.63, 3.8) is 0 Å². The fraction of sp³-hybridized carbons (Fsp3) is 0.0370. The minimum atomic E-state index is -0.558. The third-order valence-electron chi connectivity index (χ3n) is 11.8. The highest BCUT2D eigenvalue weighted by Crippen LogP contribution is 2.61. The zero-order valence-electron chi connectivity index (χ0n) is 30.9. The van der Waals surface area contributed by atoms with E-state index in [9.17, 15) is 0 Å². The summed E-state index contributed by atoms with van der Waals surface area (Å²) in [5.41, 5.74) is 20.6. The smallest absolute Gasteiger partial charge is 0.160 e. The van der Waals surface area contributed by atoms with Gasteiger partial charge in [-0.2, -0.15) is 0 Å². The molecule has 1 spiro atoms. The fourth-order valence-corrected chi connectivity index (χ4v) is 9.25. The molecule has 0 aliphatic heterocycles. The van der Waals surface area contributed by atoms with E-state index in [-0.39, 0.29) is 0 Å². The summed E-state index contributed by atoms with van der Waals surface area (Å²) < 4.78 is 0. The van der Waals surface area contributed by atoms with Gasteiger partial charge in [-0.05, 0) is 85.8 Å². The van der Waals surface area contributed by atoms with Crippen LogP contribution in [0.25, 0.3) is 78.4 Å². The molecule has 8 aromatic carbocycles. The molecule has 0 radical (unpaired) electrons. The lowest BCUT2D eigenvalue weighted by Gasteiger charge is -2.35. The van der Waals surface area contributed by atoms with Gasteiger partial charge in [0.2, 0.25) is 0 Å². The van der Waals surface area contributed by atoms with Gasteiger partial charge in [-0.25, -0.2) is 9.97 Å². The van der Waals surface area contributed by atoms with E-state index in [1.54, 1.807) is 0 Å². The fourth-order valence-electron chi connectivity index (χ4n) is 9.25. The van der Waals surface area contributed by atoms with Crippen LogP contribution < -0.4 is 0 Å². The van der Waals surface area contributed by atoms with Gasteiger partial charge in [0.1, 0.15) is 0 Å². The minimum absolute atomic E-state index is 0.558. The van der Waals surface area contributed by atoms with Crippen LogP contribution in [-0.4, -0.2) is 9.97 Å². The quantitative estimate of drug-likeness (QED) is 0.182. The van der Waals surface area contributed by atoms with Gasteiger partial charge in [0.15, 0.2) is 5.82 Å². The summed E-state index contributed by atoms with van der Waals surface area (Å²) in [5, 5.41) is 0. The number of aryl methyl sites for hydroxylation is 1. The molecule has 0 saturated heterocycles. The molecule has 262 valence electrons. The van der Waals surface area contributed by atoms with E-state index < -0.39 is 5.41 Å². The molecule has 56 heavy (non-hydrogen) atoms. The number of nitrogens with zero attached hydrogens (tertiary/aromatic N) is 2. The Morgan fingerprint density at radius 3 is 1.30 bits per heavy atom. The molecule has 0 fully saturated rings. The molecule has 0 N–H and O–H groups in total. The van der Waals surface area contributed by atoms with E-state index in [2.05, 4.69) is 207 Å². The van der Waals surface area contributed by atoms with E-state index in [0.29, 0.717) is 5.82 Å². The number of hydrogen-bond acceptors (Lipinski definition) is 2. The molecule has 2 heteroatoms. The maximum absolute atomic E-state index is 5.37. The van der Waals surface area contributed by atoms with Crippen molar-refractivity contribution in [3.8, 4) is 78.4 Å². The van der Waals surface area contributed by atoms with Gasteiger partial charge >= 0.3 is 0 Å². The molecule has 0 bridgehead atoms. The van der Waals surface area contributed by atoms with Crippen molar-refractivity contribution < 1.29 is 0 Å². The molecule has 0 atom stereocenters. The Balaban J connectivity index is 1.18. The number of hydrogen-bond donors (Lipinski definition) is 0. The second-order valence-electron chi connectivity index (χ2n) is 15.0. The van der Waals surface area contributed by atoms with Crippen molar-refractivity contribution in [1.29, 1.82) is 0 Å². The standard InChI is InChI=1S/C54H36N2/c1-35-23-25-38(26-24-35)51-34-52(56-53(55-51)39-29-27-37(28-30-39)36-13-3-2-4-14-36)40-31-32-46-42-16-6-5-15-41(42)43-17-7-10-20-47(43)54(50(46)33-40)48-21-11-8-18-44(48)45-19-9-12-22-49(45)54/h2-34H,1H3. The van der Waals surface area contributed by atoms with Gasteiger partial charge in [-0.1, -0.05) is 194 Å². The molecule has 0 amide bonds. The highest BCUT2D eigenvalue weighted by molar-refractivity contribution is 5.98. The summed E-state index contributed by atoms with van der Waals surface area (Å²) in [6, 6.07) is 72.9. The molecular formula is C54H36N2. The number of benzene rings is 8. The predicted molar refractivity (Wildman–Crippen MR) is 230 cm³/mol. The van der Waals surface area contributed by atoms with Gasteiger partial charge < -0.3 is 0 Å². The van der Waals surface area contributed by atoms with Crippen LogP contribution in [0, 0.1) is 6.92 Å². The Hall–Kier alpha value is -7.16. The van der Waals surface area contributed by atoms with E-state index in [4.69, 9.17) is 9.97 Å². The van der Waals surface area contributed by atoms with Crippen molar-refractivity contribution in [1.82, 2.24) is 9.97 Å². The van der Waals surface area contributed by atoms with Gasteiger partial charge in [0.25, 0.3) is 0 Å². The summed E-state index contributed by atoms with van der Waals surface area (Å²) in [6.07, 6.45) is 0. The summed E-state index contributed by atoms with van der Waals surface area (Å²) >= 11 is 0. The monoisotopic (exact) mass is 712 g/mol. The first kappa shape index (κ1) is 32.3. The second kappa shape index (κ2) is 12.7. The Labute approximate surface area is 327 Å². The summed E-state index contributed by atoms with van der Waals surface area (Å²) in [4.78, 5) is 10.6. The highest BCUT2D eigenvalue weighted by atomic mass is 14.9. The normalized spacial score (nSPS) is 12.9. The molecule has 1 heterocycles. The van der Waals surface area contributed by atoms with Crippen LogP contribution in [-0.2, 0) is 5.41 Å². The SMILES string of the molecule is Cc1ccc(-c2cc(-c3ccc4c(c3)C3(c5ccccc5-c5ccccc5-4)c4ccccc4-c4ccccc43)nc(-c3ccc(-c4ccccc4)cc3)n2)cc1. The lowest BCUT2D eigenvalue weighted by atomic mass is 9.65. The third kappa shape index (κ3) is 4.89. The average Bonchev–Trinajstić information content (AvgIpc) is 3.52. The van der Waals surface area contributed by atoms with Crippen molar-refractivity contribution in [2.75, 3.05) is 0 Å². The molecule has 2 nitrogen and oxygen atoms in total. The molecule has 1 aromatic heterocycles. The topological polar surface area (TPSA) is 25.8 Å². The van der Waals surface area contributed by atoms with Crippen LogP contribution in [0.2, 0.25) is 0 Å². The first-order valence-electron chi connectivity index (χ1n) is 19.3. The molecule has 0 saturated carbocycles. The van der Waals surface area contributed by atoms with Gasteiger partial charge in [-0.15, -0.1) is 0 Å². The first-order valence-corrected chi connectivity index (χ1v) is 19.3. The van der Waals surface area contributed by atoms with Crippen LogP contribution in [0.4, 0.5) is 0 Å². The van der Waals surface area contributed by atoms with Gasteiger partial charge in [-0.3, -0.25) is 0 Å². The molecule has 9 aromatic rings. The average molecular weight is 713 g/mol. The summed E-state index contributed by atoms with van der Waals surface area (Å²) in [5.74, 6) is 0.703. The maximum Gasteiger partial charge on any atom is 0.160 e. The first-order chi connectivity index (χ1) is 27.7. The zero-order chi connectivity index (χ0) is 37.2. The summed E-state index contributed by atoms with van der Waals surface area (Å²) in [6.45, 7) is 2.12. The Bertz CT molecular complexity index is 2910. The lowest BCUT2D eigenvalue weighted by molar-refractivity contribution is 0.775. The second-order valence-corrected chi connectivity index (χ2v) is 15.0. The molecule has 2 aliphatic rings. The Morgan fingerprint density at radius 2 is 0.714 bits per heavy atom. The van der Waals surface area contributed by atoms with Crippen molar-refractivity contribution >= 4 is 0 Å². The summed E-state index contributed by atoms with van der Waals surface area (Å²) in [7, 11) is 0. The molecular weight excluding hydrogens is 677 g/mol. The molecule has 11 rings (SSSR count). The van der Waals surface area contributed by atoms with Crippen molar-refractivity contribution in [2.24, 2.45) is 0 Å². The molecule has 2 aliphatic carbocycles. The van der Waals surface area contributed by atoms with E-state index in [1.165, 1.54) is 66.8 Å². The van der Waals surface area contributed by atoms with Crippen LogP contribution in [0.3, 0.4) is 0 Å². The van der Waals surface area contributed by atoms with Crippen molar-refractivity contribution in [2.45, 2.75) is 12.3 Å². The van der Waals surface area contributed by atoms with Crippen LogP contribution in [0.5, 0.6) is 0 Å². The lowest BCUT2D eigenvalue weighted by Crippen LogP contribution is -2.29. The minimum Gasteiger partial charge on any atom is -0.228 e. The van der Waals surface area contributed by atoms with Crippen LogP contribution in [0.15, 0.2) is 200 Å². The van der Waals surface area contributed by atoms with Crippen LogP contribution in [0.1, 0.15) is 27.8 Å². The van der Waals surface area contributed by atoms with E-state index in [1.807, 2.05) is 0 Å². The number of rotatable bonds is 4. The molecule has 0 unspecified atom stereocenters. The predicted octanol–water partition coefficient (Wildman–Crippen LogP) is 13.5. The largest absolute Gasteiger partial charge is 0.228 e. The van der Waals surface area contributed by atoms with Gasteiger partial charge in [0, 0.05) is 16.7 Å². The number of fused-ring (bicyclic) bond motifs is 12. The zero-order valence-corrected chi connectivity index (χ0v) is 30.9. The highest BCUT2D eigenvalue weighted by Gasteiger charge is 2.49.